The third-order valence-electron chi connectivity index (χ3n) is 7.88. The first-order valence-electron chi connectivity index (χ1n) is 14.7. The lowest BCUT2D eigenvalue weighted by Crippen LogP contribution is -2.47. The number of ether oxygens (including phenoxy) is 4. The molecule has 3 aromatic rings. The van der Waals surface area contributed by atoms with Gasteiger partial charge < -0.3 is 34.5 Å². The summed E-state index contributed by atoms with van der Waals surface area (Å²) in [5.41, 5.74) is 0.528. The van der Waals surface area contributed by atoms with Crippen LogP contribution in [0.4, 0.5) is 13.2 Å². The number of likely N-dealkylation sites (tertiary alicyclic amines) is 1. The Labute approximate surface area is 263 Å². The highest BCUT2D eigenvalue weighted by molar-refractivity contribution is 5.81. The Balaban J connectivity index is 1.40. The minimum Gasteiger partial charge on any atom is -0.496 e. The molecule has 4 bridgehead atoms. The van der Waals surface area contributed by atoms with E-state index in [0.717, 1.165) is 11.6 Å². The van der Waals surface area contributed by atoms with E-state index >= 15 is 0 Å². The van der Waals surface area contributed by atoms with Gasteiger partial charge in [0.15, 0.2) is 18.1 Å². The highest BCUT2D eigenvalue weighted by atomic mass is 19.4. The molecule has 0 radical (unpaired) electrons. The monoisotopic (exact) mass is 641 g/mol. The van der Waals surface area contributed by atoms with E-state index in [9.17, 15) is 27.6 Å². The van der Waals surface area contributed by atoms with E-state index in [4.69, 9.17) is 18.9 Å². The number of rotatable bonds is 4. The second kappa shape index (κ2) is 14.0. The number of carbonyl (C=O) groups is 3. The van der Waals surface area contributed by atoms with Crippen LogP contribution in [0.3, 0.4) is 0 Å². The lowest BCUT2D eigenvalue weighted by Gasteiger charge is -2.22. The van der Waals surface area contributed by atoms with Crippen LogP contribution in [-0.4, -0.2) is 68.7 Å². The second-order valence-electron chi connectivity index (χ2n) is 11.0. The maximum Gasteiger partial charge on any atom is 0.416 e. The minimum absolute atomic E-state index is 0.00267. The number of alkyl halides is 3. The van der Waals surface area contributed by atoms with Crippen molar-refractivity contribution < 1.29 is 46.5 Å². The molecule has 3 amide bonds. The maximum atomic E-state index is 13.6. The second-order valence-corrected chi connectivity index (χ2v) is 11.0. The van der Waals surface area contributed by atoms with Crippen LogP contribution in [0.5, 0.6) is 23.0 Å². The highest BCUT2D eigenvalue weighted by Gasteiger charge is 2.39. The van der Waals surface area contributed by atoms with E-state index in [1.165, 1.54) is 37.3 Å². The topological polar surface area (TPSA) is 115 Å². The summed E-state index contributed by atoms with van der Waals surface area (Å²) in [6.45, 7) is -0.157. The van der Waals surface area contributed by atoms with Crippen LogP contribution >= 0.6 is 0 Å². The average molecular weight is 642 g/mol. The number of hydrogen-bond acceptors (Lipinski definition) is 7. The Bertz CT molecular complexity index is 1600. The van der Waals surface area contributed by atoms with Gasteiger partial charge in [-0.3, -0.25) is 14.4 Å². The number of carbonyl (C=O) groups excluding carboxylic acids is 3. The highest BCUT2D eigenvalue weighted by Crippen LogP contribution is 2.33. The lowest BCUT2D eigenvalue weighted by atomic mass is 10.0. The van der Waals surface area contributed by atoms with Crippen molar-refractivity contribution in [2.24, 2.45) is 0 Å². The van der Waals surface area contributed by atoms with Gasteiger partial charge in [-0.2, -0.15) is 13.2 Å². The van der Waals surface area contributed by atoms with Crippen molar-refractivity contribution in [1.29, 1.82) is 0 Å². The molecule has 0 spiro atoms. The molecule has 5 heterocycles. The number of methoxy groups -OCH3 is 2. The quantitative estimate of drug-likeness (QED) is 0.447. The molecule has 2 atom stereocenters. The molecule has 0 unspecified atom stereocenters. The molecule has 5 aliphatic rings. The molecule has 3 aromatic carbocycles. The zero-order valence-corrected chi connectivity index (χ0v) is 25.3. The Morgan fingerprint density at radius 3 is 2.50 bits per heavy atom. The SMILES string of the molecule is COc1cc2ccc1CNC(=O)CCc1ccc(c(OC)c1)OCC(=O)N[C@@H]1CN(C(=O)Cc3ccccc3C(F)(F)F)C[C@H]1O2. The first-order chi connectivity index (χ1) is 22.0. The Morgan fingerprint density at radius 1 is 0.957 bits per heavy atom. The molecule has 5 aliphatic heterocycles. The molecule has 0 aromatic heterocycles. The normalized spacial score (nSPS) is 18.9. The van der Waals surface area contributed by atoms with Crippen LogP contribution in [-0.2, 0) is 39.9 Å². The summed E-state index contributed by atoms with van der Waals surface area (Å²) in [6.07, 6.45) is -5.16. The van der Waals surface area contributed by atoms with E-state index in [1.54, 1.807) is 36.4 Å². The summed E-state index contributed by atoms with van der Waals surface area (Å²) < 4.78 is 63.7. The van der Waals surface area contributed by atoms with Crippen molar-refractivity contribution in [3.63, 3.8) is 0 Å². The van der Waals surface area contributed by atoms with Crippen LogP contribution < -0.4 is 29.6 Å². The third kappa shape index (κ3) is 7.82. The van der Waals surface area contributed by atoms with Crippen LogP contribution in [0.15, 0.2) is 60.7 Å². The third-order valence-corrected chi connectivity index (χ3v) is 7.88. The first-order valence-corrected chi connectivity index (χ1v) is 14.7. The Morgan fingerprint density at radius 2 is 1.74 bits per heavy atom. The molecule has 0 saturated carbocycles. The van der Waals surface area contributed by atoms with Crippen LogP contribution in [0, 0.1) is 0 Å². The number of aryl methyl sites for hydroxylation is 1. The van der Waals surface area contributed by atoms with Crippen molar-refractivity contribution in [3.8, 4) is 23.0 Å². The van der Waals surface area contributed by atoms with E-state index in [-0.39, 0.29) is 44.1 Å². The predicted molar refractivity (Wildman–Crippen MR) is 160 cm³/mol. The van der Waals surface area contributed by atoms with Crippen molar-refractivity contribution in [2.75, 3.05) is 33.9 Å². The lowest BCUT2D eigenvalue weighted by molar-refractivity contribution is -0.138. The predicted octanol–water partition coefficient (Wildman–Crippen LogP) is 3.68. The summed E-state index contributed by atoms with van der Waals surface area (Å²) in [7, 11) is 2.95. The summed E-state index contributed by atoms with van der Waals surface area (Å²) >= 11 is 0. The van der Waals surface area contributed by atoms with Crippen LogP contribution in [0.1, 0.15) is 28.7 Å². The van der Waals surface area contributed by atoms with Crippen LogP contribution in [0.2, 0.25) is 0 Å². The number of amides is 3. The fraction of sp³-hybridized carbons (Fsp3) is 0.364. The van der Waals surface area contributed by atoms with Gasteiger partial charge in [0.2, 0.25) is 11.8 Å². The van der Waals surface area contributed by atoms with Gasteiger partial charge in [-0.15, -0.1) is 0 Å². The summed E-state index contributed by atoms with van der Waals surface area (Å²) in [4.78, 5) is 40.3. The van der Waals surface area contributed by atoms with Crippen molar-refractivity contribution in [2.45, 2.75) is 44.1 Å². The number of halogens is 3. The molecule has 46 heavy (non-hydrogen) atoms. The first kappa shape index (κ1) is 32.5. The van der Waals surface area contributed by atoms with Gasteiger partial charge in [-0.1, -0.05) is 24.3 Å². The van der Waals surface area contributed by atoms with Gasteiger partial charge in [0.05, 0.1) is 38.8 Å². The maximum absolute atomic E-state index is 13.6. The molecule has 8 rings (SSSR count). The molecule has 1 fully saturated rings. The molecule has 13 heteroatoms. The Hall–Kier alpha value is -4.94. The van der Waals surface area contributed by atoms with Gasteiger partial charge in [-0.25, -0.2) is 0 Å². The van der Waals surface area contributed by atoms with Crippen molar-refractivity contribution in [1.82, 2.24) is 15.5 Å². The van der Waals surface area contributed by atoms with Gasteiger partial charge in [0, 0.05) is 31.1 Å². The molecular formula is C33H34F3N3O7. The van der Waals surface area contributed by atoms with Crippen LogP contribution in [0.25, 0.3) is 0 Å². The van der Waals surface area contributed by atoms with Gasteiger partial charge in [-0.05, 0) is 47.9 Å². The molecule has 1 saturated heterocycles. The zero-order chi connectivity index (χ0) is 32.8. The van der Waals surface area contributed by atoms with Gasteiger partial charge in [0.25, 0.3) is 5.91 Å². The van der Waals surface area contributed by atoms with Crippen molar-refractivity contribution >= 4 is 17.7 Å². The molecular weight excluding hydrogens is 607 g/mol. The fourth-order valence-corrected chi connectivity index (χ4v) is 5.50. The number of nitrogens with zero attached hydrogens (tertiary/aromatic N) is 1. The Kier molecular flexibility index (Phi) is 9.88. The van der Waals surface area contributed by atoms with E-state index < -0.39 is 42.1 Å². The standard InChI is InChI=1S/C33H34F3N3O7/c1-43-27-15-23-10-9-22(27)16-37-30(40)12-8-20-7-11-26(28(13-20)44-2)45-19-31(41)38-25-17-39(18-29(25)46-23)32(42)14-21-5-3-4-6-24(21)33(34,35)36/h3-7,9-11,13,15,25,29H,8,12,14,16-19H2,1-2H3,(H,37,40)(H,38,41)/t25-,29-/m1/s1. The largest absolute Gasteiger partial charge is 0.496 e. The fourth-order valence-electron chi connectivity index (χ4n) is 5.50. The number of benzene rings is 3. The number of nitrogens with one attached hydrogen (secondary N) is 2. The smallest absolute Gasteiger partial charge is 0.416 e. The van der Waals surface area contributed by atoms with Crippen molar-refractivity contribution in [3.05, 3.63) is 82.9 Å². The van der Waals surface area contributed by atoms with Gasteiger partial charge >= 0.3 is 6.18 Å². The zero-order valence-electron chi connectivity index (χ0n) is 25.3. The molecule has 244 valence electrons. The van der Waals surface area contributed by atoms with E-state index in [1.807, 2.05) is 0 Å². The van der Waals surface area contributed by atoms with E-state index in [2.05, 4.69) is 10.6 Å². The minimum atomic E-state index is -4.61. The van der Waals surface area contributed by atoms with E-state index in [0.29, 0.717) is 35.0 Å². The summed E-state index contributed by atoms with van der Waals surface area (Å²) in [5.74, 6) is 0.342. The average Bonchev–Trinajstić information content (AvgIpc) is 3.43. The molecule has 2 N–H and O–H groups in total. The molecule has 0 aliphatic carbocycles. The van der Waals surface area contributed by atoms with Gasteiger partial charge in [0.1, 0.15) is 17.6 Å². The number of hydrogen-bond donors (Lipinski definition) is 2. The molecule has 10 nitrogen and oxygen atoms in total. The summed E-state index contributed by atoms with van der Waals surface area (Å²) in [5, 5.41) is 5.75. The summed E-state index contributed by atoms with van der Waals surface area (Å²) in [6, 6.07) is 14.5.